The molecule has 0 atom stereocenters. The smallest absolute Gasteiger partial charge is 0.342 e. The Bertz CT molecular complexity index is 435. The molecule has 0 aliphatic heterocycles. The number of rotatable bonds is 5. The zero-order valence-electron chi connectivity index (χ0n) is 11.5. The maximum atomic E-state index is 10.4. The number of aryl methyl sites for hydroxylation is 1. The molecule has 9 nitrogen and oxygen atoms in total. The summed E-state index contributed by atoms with van der Waals surface area (Å²) >= 11 is 0. The van der Waals surface area contributed by atoms with Gasteiger partial charge in [0.25, 0.3) is 0 Å². The van der Waals surface area contributed by atoms with Crippen molar-refractivity contribution in [3.05, 3.63) is 22.1 Å². The van der Waals surface area contributed by atoms with Gasteiger partial charge in [0.2, 0.25) is 0 Å². The Labute approximate surface area is 122 Å². The first-order chi connectivity index (χ1) is 8.79. The lowest BCUT2D eigenvalue weighted by atomic mass is 10.6. The van der Waals surface area contributed by atoms with Gasteiger partial charge in [-0.2, -0.15) is 0 Å². The molecule has 0 amide bonds. The minimum Gasteiger partial charge on any atom is -0.480 e. The highest BCUT2D eigenvalue weighted by Crippen LogP contribution is 2.12. The average molecular weight is 311 g/mol. The lowest BCUT2D eigenvalue weighted by Gasteiger charge is -2.01. The van der Waals surface area contributed by atoms with Crippen LogP contribution in [-0.2, 0) is 11.3 Å². The lowest BCUT2D eigenvalue weighted by Crippen LogP contribution is -2.20. The van der Waals surface area contributed by atoms with Gasteiger partial charge in [-0.1, -0.05) is 0 Å². The van der Waals surface area contributed by atoms with Gasteiger partial charge in [0, 0.05) is 6.92 Å². The van der Waals surface area contributed by atoms with E-state index >= 15 is 0 Å². The van der Waals surface area contributed by atoms with Crippen LogP contribution < -0.4 is 0 Å². The van der Waals surface area contributed by atoms with Crippen LogP contribution in [0, 0.1) is 17.0 Å². The topological polar surface area (TPSA) is 122 Å². The van der Waals surface area contributed by atoms with Crippen molar-refractivity contribution in [1.29, 1.82) is 0 Å². The number of aromatic nitrogens is 2. The summed E-state index contributed by atoms with van der Waals surface area (Å²) in [6, 6.07) is 0. The van der Waals surface area contributed by atoms with E-state index in [0.717, 1.165) is 0 Å². The molecule has 2 N–H and O–H groups in total. The van der Waals surface area contributed by atoms with Crippen molar-refractivity contribution in [2.24, 2.45) is 0 Å². The van der Waals surface area contributed by atoms with Crippen molar-refractivity contribution in [3.63, 3.8) is 0 Å². The number of nitro groups is 1. The van der Waals surface area contributed by atoms with Gasteiger partial charge in [-0.05, 0) is 19.0 Å². The predicted molar refractivity (Wildman–Crippen MR) is 74.1 cm³/mol. The molecule has 1 aromatic rings. The molecule has 0 unspecified atom stereocenters. The maximum Gasteiger partial charge on any atom is 0.342 e. The van der Waals surface area contributed by atoms with E-state index in [-0.39, 0.29) is 37.9 Å². The second-order valence-corrected chi connectivity index (χ2v) is 3.93. The summed E-state index contributed by atoms with van der Waals surface area (Å²) in [6.07, 6.45) is 1.19. The first-order valence-electron chi connectivity index (χ1n) is 5.43. The standard InChI is InChI=1S/C6H9N3O3.C4H9NO2.ClH/c1-5-7-4-6(9(11)12)8(5)2-3-10;1-5(2)3-4(6)7;/h4,10H,2-3H2,1H3;3H2,1-2H3,(H,6,7);1H. The van der Waals surface area contributed by atoms with E-state index in [9.17, 15) is 14.9 Å². The Kier molecular flexibility index (Phi) is 10.4. The fraction of sp³-hybridized carbons (Fsp3) is 0.600. The van der Waals surface area contributed by atoms with Gasteiger partial charge in [0.05, 0.1) is 13.2 Å². The molecular formula is C10H19ClN4O5. The van der Waals surface area contributed by atoms with Crippen LogP contribution >= 0.6 is 12.4 Å². The number of aliphatic hydroxyl groups is 1. The molecule has 0 spiro atoms. The molecule has 0 aliphatic rings. The SMILES string of the molecule is CN(C)CC(=O)O.Cc1ncc([N+](=O)[O-])n1CCO.Cl. The second-order valence-electron chi connectivity index (χ2n) is 3.93. The second kappa shape index (κ2) is 10.1. The summed E-state index contributed by atoms with van der Waals surface area (Å²) in [5.74, 6) is -0.331. The van der Waals surface area contributed by atoms with Gasteiger partial charge in [0.15, 0.2) is 5.82 Å². The number of imidazole rings is 1. The van der Waals surface area contributed by atoms with Crippen molar-refractivity contribution < 1.29 is 19.9 Å². The molecule has 0 saturated heterocycles. The third-order valence-corrected chi connectivity index (χ3v) is 2.00. The molecule has 0 radical (unpaired) electrons. The number of likely N-dealkylation sites (N-methyl/N-ethyl adjacent to an activating group) is 1. The van der Waals surface area contributed by atoms with Gasteiger partial charge in [0.1, 0.15) is 12.7 Å². The summed E-state index contributed by atoms with van der Waals surface area (Å²) in [7, 11) is 3.43. The third kappa shape index (κ3) is 7.67. The van der Waals surface area contributed by atoms with E-state index in [0.29, 0.717) is 5.82 Å². The summed E-state index contributed by atoms with van der Waals surface area (Å²) in [5, 5.41) is 27.0. The molecular weight excluding hydrogens is 292 g/mol. The molecule has 0 saturated carbocycles. The zero-order valence-corrected chi connectivity index (χ0v) is 12.3. The summed E-state index contributed by atoms with van der Waals surface area (Å²) in [4.78, 5) is 25.0. The van der Waals surface area contributed by atoms with Crippen molar-refractivity contribution in [3.8, 4) is 0 Å². The number of carboxylic acids is 1. The van der Waals surface area contributed by atoms with Crippen LogP contribution in [0.5, 0.6) is 0 Å². The maximum absolute atomic E-state index is 10.4. The monoisotopic (exact) mass is 310 g/mol. The molecule has 10 heteroatoms. The van der Waals surface area contributed by atoms with Crippen LogP contribution in [0.3, 0.4) is 0 Å². The molecule has 1 aromatic heterocycles. The van der Waals surface area contributed by atoms with Crippen LogP contribution in [0.25, 0.3) is 0 Å². The normalized spacial score (nSPS) is 9.45. The zero-order chi connectivity index (χ0) is 15.0. The first kappa shape index (κ1) is 20.6. The predicted octanol–water partition coefficient (Wildman–Crippen LogP) is 0.146. The number of carboxylic acid groups (broad SMARTS) is 1. The number of aliphatic hydroxyl groups excluding tert-OH is 1. The Morgan fingerprint density at radius 1 is 1.55 bits per heavy atom. The third-order valence-electron chi connectivity index (χ3n) is 2.00. The van der Waals surface area contributed by atoms with Gasteiger partial charge >= 0.3 is 11.8 Å². The van der Waals surface area contributed by atoms with E-state index in [1.807, 2.05) is 0 Å². The Morgan fingerprint density at radius 2 is 2.10 bits per heavy atom. The number of carbonyl (C=O) groups is 1. The highest BCUT2D eigenvalue weighted by molar-refractivity contribution is 5.85. The van der Waals surface area contributed by atoms with Crippen LogP contribution in [0.15, 0.2) is 6.20 Å². The molecule has 20 heavy (non-hydrogen) atoms. The molecule has 1 heterocycles. The number of hydrogen-bond donors (Lipinski definition) is 2. The molecule has 116 valence electrons. The quantitative estimate of drug-likeness (QED) is 0.586. The van der Waals surface area contributed by atoms with Gasteiger partial charge in [-0.15, -0.1) is 12.4 Å². The average Bonchev–Trinajstić information content (AvgIpc) is 2.60. The number of hydrogen-bond acceptors (Lipinski definition) is 6. The summed E-state index contributed by atoms with van der Waals surface area (Å²) in [6.45, 7) is 1.85. The largest absolute Gasteiger partial charge is 0.480 e. The summed E-state index contributed by atoms with van der Waals surface area (Å²) in [5.41, 5.74) is 0. The molecule has 0 bridgehead atoms. The Morgan fingerprint density at radius 3 is 2.40 bits per heavy atom. The van der Waals surface area contributed by atoms with Crippen molar-refractivity contribution in [1.82, 2.24) is 14.5 Å². The lowest BCUT2D eigenvalue weighted by molar-refractivity contribution is -0.392. The molecule has 1 rings (SSSR count). The summed E-state index contributed by atoms with van der Waals surface area (Å²) < 4.78 is 1.36. The first-order valence-corrected chi connectivity index (χ1v) is 5.43. The Balaban J connectivity index is 0. The van der Waals surface area contributed by atoms with E-state index < -0.39 is 10.9 Å². The van der Waals surface area contributed by atoms with E-state index in [1.165, 1.54) is 10.8 Å². The molecule has 0 fully saturated rings. The highest BCUT2D eigenvalue weighted by Gasteiger charge is 2.15. The van der Waals surface area contributed by atoms with Crippen molar-refractivity contribution >= 4 is 24.2 Å². The van der Waals surface area contributed by atoms with Crippen LogP contribution in [0.2, 0.25) is 0 Å². The Hall–Kier alpha value is -1.71. The molecule has 0 aromatic carbocycles. The van der Waals surface area contributed by atoms with Gasteiger partial charge in [-0.25, -0.2) is 9.55 Å². The van der Waals surface area contributed by atoms with Crippen molar-refractivity contribution in [2.75, 3.05) is 27.2 Å². The number of halogens is 1. The minimum atomic E-state index is -0.787. The fourth-order valence-corrected chi connectivity index (χ4v) is 1.25. The highest BCUT2D eigenvalue weighted by atomic mass is 35.5. The molecule has 0 aliphatic carbocycles. The van der Waals surface area contributed by atoms with Crippen LogP contribution in [0.4, 0.5) is 5.82 Å². The van der Waals surface area contributed by atoms with Crippen LogP contribution in [0.1, 0.15) is 5.82 Å². The fourth-order valence-electron chi connectivity index (χ4n) is 1.25. The van der Waals surface area contributed by atoms with Crippen molar-refractivity contribution in [2.45, 2.75) is 13.5 Å². The van der Waals surface area contributed by atoms with Gasteiger partial charge in [-0.3, -0.25) is 9.69 Å². The van der Waals surface area contributed by atoms with E-state index in [1.54, 1.807) is 25.9 Å². The number of aliphatic carboxylic acids is 1. The minimum absolute atomic E-state index is 0. The van der Waals surface area contributed by atoms with E-state index in [2.05, 4.69) is 4.98 Å². The van der Waals surface area contributed by atoms with Crippen LogP contribution in [-0.4, -0.2) is 62.8 Å². The number of nitrogens with zero attached hydrogens (tertiary/aromatic N) is 4. The van der Waals surface area contributed by atoms with Gasteiger partial charge < -0.3 is 20.3 Å². The van der Waals surface area contributed by atoms with E-state index in [4.69, 9.17) is 10.2 Å².